The Bertz CT molecular complexity index is 1100. The number of rotatable bonds is 7. The number of nitriles is 1. The van der Waals surface area contributed by atoms with Gasteiger partial charge in [0, 0.05) is 35.9 Å². The number of carbonyl (C=O) groups is 1. The lowest BCUT2D eigenvalue weighted by molar-refractivity contribution is -0.121. The molecule has 152 valence electrons. The van der Waals surface area contributed by atoms with E-state index in [-0.39, 0.29) is 17.7 Å². The maximum atomic E-state index is 12.5. The van der Waals surface area contributed by atoms with Crippen LogP contribution in [0.5, 0.6) is 0 Å². The van der Waals surface area contributed by atoms with Crippen molar-refractivity contribution in [3.63, 3.8) is 0 Å². The number of pyridine rings is 2. The first-order valence-electron chi connectivity index (χ1n) is 9.61. The lowest BCUT2D eigenvalue weighted by Gasteiger charge is -2.16. The quantitative estimate of drug-likeness (QED) is 0.688. The standard InChI is InChI=1S/C23H24N6O/c1-5-16-17(11-20(26-4)28-23(30)18-10-15(18)6-8-24)14(3)22(25)29-21(16)19-12-27-9-7-13(19)2/h5,7,9,11-12,15,18H,1,4,6,10H2,2-3H3,(H2,25,29)(H,28,30)/b20-11+/t15-,18-/m0/s1. The molecule has 2 atom stereocenters. The summed E-state index contributed by atoms with van der Waals surface area (Å²) in [5.41, 5.74) is 11.0. The number of amides is 1. The van der Waals surface area contributed by atoms with Gasteiger partial charge in [-0.3, -0.25) is 9.78 Å². The predicted octanol–water partition coefficient (Wildman–Crippen LogP) is 3.65. The van der Waals surface area contributed by atoms with Crippen LogP contribution in [-0.2, 0) is 4.79 Å². The normalized spacial score (nSPS) is 17.7. The second-order valence-corrected chi connectivity index (χ2v) is 7.33. The Balaban J connectivity index is 2.03. The van der Waals surface area contributed by atoms with Gasteiger partial charge < -0.3 is 11.1 Å². The van der Waals surface area contributed by atoms with Crippen molar-refractivity contribution in [3.8, 4) is 17.3 Å². The Labute approximate surface area is 176 Å². The van der Waals surface area contributed by atoms with E-state index < -0.39 is 0 Å². The first kappa shape index (κ1) is 20.9. The molecular weight excluding hydrogens is 376 g/mol. The van der Waals surface area contributed by atoms with E-state index in [0.29, 0.717) is 30.2 Å². The van der Waals surface area contributed by atoms with Crippen LogP contribution in [0.4, 0.5) is 5.82 Å². The zero-order chi connectivity index (χ0) is 21.8. The highest BCUT2D eigenvalue weighted by Crippen LogP contribution is 2.41. The van der Waals surface area contributed by atoms with Gasteiger partial charge in [-0.1, -0.05) is 12.7 Å². The van der Waals surface area contributed by atoms with E-state index >= 15 is 0 Å². The van der Waals surface area contributed by atoms with Crippen LogP contribution < -0.4 is 11.1 Å². The number of aromatic nitrogens is 2. The van der Waals surface area contributed by atoms with Crippen LogP contribution >= 0.6 is 0 Å². The van der Waals surface area contributed by atoms with Crippen molar-refractivity contribution in [2.75, 3.05) is 5.73 Å². The van der Waals surface area contributed by atoms with Crippen LogP contribution in [0.2, 0.25) is 0 Å². The maximum absolute atomic E-state index is 12.5. The van der Waals surface area contributed by atoms with Gasteiger partial charge in [-0.05, 0) is 61.7 Å². The first-order valence-corrected chi connectivity index (χ1v) is 9.61. The second kappa shape index (κ2) is 8.70. The molecule has 7 nitrogen and oxygen atoms in total. The van der Waals surface area contributed by atoms with Crippen LogP contribution in [0.1, 0.15) is 35.1 Å². The molecule has 0 unspecified atom stereocenters. The van der Waals surface area contributed by atoms with Crippen molar-refractivity contribution in [1.29, 1.82) is 5.26 Å². The monoisotopic (exact) mass is 400 g/mol. The number of nitrogens with one attached hydrogen (secondary N) is 1. The molecule has 2 aromatic heterocycles. The van der Waals surface area contributed by atoms with Gasteiger partial charge in [0.15, 0.2) is 0 Å². The van der Waals surface area contributed by atoms with E-state index in [2.05, 4.69) is 39.6 Å². The molecule has 3 N–H and O–H groups in total. The fourth-order valence-electron chi connectivity index (χ4n) is 3.43. The minimum absolute atomic E-state index is 0.114. The Kier molecular flexibility index (Phi) is 6.07. The molecule has 2 heterocycles. The molecule has 1 saturated carbocycles. The SMILES string of the molecule is C=Cc1c(-c2cnccc2C)nc(N)c(C)c1/C=C(\N=C)NC(=O)[C@H]1C[C@@H]1CC#N. The Morgan fingerprint density at radius 1 is 1.47 bits per heavy atom. The van der Waals surface area contributed by atoms with Gasteiger partial charge in [0.05, 0.1) is 11.8 Å². The topological polar surface area (TPSA) is 117 Å². The van der Waals surface area contributed by atoms with E-state index in [9.17, 15) is 4.79 Å². The molecule has 2 aromatic rings. The van der Waals surface area contributed by atoms with E-state index in [1.807, 2.05) is 19.9 Å². The summed E-state index contributed by atoms with van der Waals surface area (Å²) in [4.78, 5) is 25.2. The highest BCUT2D eigenvalue weighted by molar-refractivity contribution is 5.86. The molecule has 7 heteroatoms. The lowest BCUT2D eigenvalue weighted by atomic mass is 9.95. The maximum Gasteiger partial charge on any atom is 0.228 e. The minimum atomic E-state index is -0.161. The predicted molar refractivity (Wildman–Crippen MR) is 119 cm³/mol. The van der Waals surface area contributed by atoms with Crippen molar-refractivity contribution in [3.05, 3.63) is 53.1 Å². The summed E-state index contributed by atoms with van der Waals surface area (Å²) < 4.78 is 0. The zero-order valence-electron chi connectivity index (χ0n) is 17.1. The summed E-state index contributed by atoms with van der Waals surface area (Å²) in [6.07, 6.45) is 7.99. The van der Waals surface area contributed by atoms with E-state index in [1.54, 1.807) is 24.5 Å². The third-order valence-corrected chi connectivity index (χ3v) is 5.38. The smallest absolute Gasteiger partial charge is 0.228 e. The molecule has 1 amide bonds. The summed E-state index contributed by atoms with van der Waals surface area (Å²) in [6, 6.07) is 4.01. The number of carbonyl (C=O) groups excluding carboxylic acids is 1. The summed E-state index contributed by atoms with van der Waals surface area (Å²) in [6.45, 7) is 11.4. The minimum Gasteiger partial charge on any atom is -0.383 e. The summed E-state index contributed by atoms with van der Waals surface area (Å²) in [5.74, 6) is 0.482. The number of aryl methyl sites for hydroxylation is 1. The number of hydrogen-bond donors (Lipinski definition) is 2. The largest absolute Gasteiger partial charge is 0.383 e. The third-order valence-electron chi connectivity index (χ3n) is 5.38. The van der Waals surface area contributed by atoms with Crippen molar-refractivity contribution >= 4 is 30.6 Å². The lowest BCUT2D eigenvalue weighted by Crippen LogP contribution is -2.24. The van der Waals surface area contributed by atoms with Crippen LogP contribution in [0, 0.1) is 37.0 Å². The molecule has 1 aliphatic carbocycles. The summed E-state index contributed by atoms with van der Waals surface area (Å²) in [5, 5.41) is 11.6. The molecule has 1 fully saturated rings. The van der Waals surface area contributed by atoms with Gasteiger partial charge in [-0.15, -0.1) is 0 Å². The average Bonchev–Trinajstić information content (AvgIpc) is 3.50. The van der Waals surface area contributed by atoms with E-state index in [4.69, 9.17) is 11.0 Å². The Morgan fingerprint density at radius 3 is 2.87 bits per heavy atom. The fourth-order valence-corrected chi connectivity index (χ4v) is 3.43. The number of anilines is 1. The molecule has 0 spiro atoms. The van der Waals surface area contributed by atoms with Crippen LogP contribution in [0.15, 0.2) is 35.9 Å². The van der Waals surface area contributed by atoms with E-state index in [0.717, 1.165) is 27.8 Å². The number of aliphatic imine (C=N–C) groups is 1. The van der Waals surface area contributed by atoms with Crippen molar-refractivity contribution in [1.82, 2.24) is 15.3 Å². The zero-order valence-corrected chi connectivity index (χ0v) is 17.1. The molecule has 0 bridgehead atoms. The molecule has 0 radical (unpaired) electrons. The molecule has 1 aliphatic rings. The molecule has 0 saturated heterocycles. The van der Waals surface area contributed by atoms with Gasteiger partial charge >= 0.3 is 0 Å². The van der Waals surface area contributed by atoms with Crippen molar-refractivity contribution in [2.24, 2.45) is 16.8 Å². The molecule has 3 rings (SSSR count). The van der Waals surface area contributed by atoms with E-state index in [1.165, 1.54) is 0 Å². The van der Waals surface area contributed by atoms with Gasteiger partial charge in [0.1, 0.15) is 11.6 Å². The Morgan fingerprint density at radius 2 is 2.23 bits per heavy atom. The number of nitrogen functional groups attached to an aromatic ring is 1. The van der Waals surface area contributed by atoms with Gasteiger partial charge in [-0.25, -0.2) is 9.98 Å². The van der Waals surface area contributed by atoms with Crippen molar-refractivity contribution < 1.29 is 4.79 Å². The molecule has 30 heavy (non-hydrogen) atoms. The summed E-state index contributed by atoms with van der Waals surface area (Å²) in [7, 11) is 0. The van der Waals surface area contributed by atoms with Gasteiger partial charge in [0.25, 0.3) is 0 Å². The Hall–Kier alpha value is -3.79. The first-order chi connectivity index (χ1) is 14.4. The highest BCUT2D eigenvalue weighted by atomic mass is 16.2. The fraction of sp³-hybridized carbons (Fsp3) is 0.261. The molecular formula is C23H24N6O. The molecule has 0 aliphatic heterocycles. The van der Waals surface area contributed by atoms with Crippen LogP contribution in [0.3, 0.4) is 0 Å². The molecule has 0 aromatic carbocycles. The van der Waals surface area contributed by atoms with Gasteiger partial charge in [-0.2, -0.15) is 5.26 Å². The van der Waals surface area contributed by atoms with Crippen LogP contribution in [-0.4, -0.2) is 22.6 Å². The van der Waals surface area contributed by atoms with Gasteiger partial charge in [0.2, 0.25) is 5.91 Å². The van der Waals surface area contributed by atoms with Crippen LogP contribution in [0.25, 0.3) is 23.4 Å². The number of nitrogens with zero attached hydrogens (tertiary/aromatic N) is 4. The number of hydrogen-bond acceptors (Lipinski definition) is 6. The summed E-state index contributed by atoms with van der Waals surface area (Å²) >= 11 is 0. The van der Waals surface area contributed by atoms with Crippen molar-refractivity contribution in [2.45, 2.75) is 26.7 Å². The third kappa shape index (κ3) is 4.13. The average molecular weight is 400 g/mol. The highest BCUT2D eigenvalue weighted by Gasteiger charge is 2.42. The number of nitrogens with two attached hydrogens (primary N) is 1. The second-order valence-electron chi connectivity index (χ2n) is 7.33.